The third-order valence-corrected chi connectivity index (χ3v) is 6.09. The van der Waals surface area contributed by atoms with Crippen LogP contribution in [-0.2, 0) is 18.4 Å². The number of aryl methyl sites for hydroxylation is 2. The van der Waals surface area contributed by atoms with E-state index in [1.807, 2.05) is 61.9 Å². The van der Waals surface area contributed by atoms with Gasteiger partial charge in [0, 0.05) is 16.3 Å². The predicted octanol–water partition coefficient (Wildman–Crippen LogP) is 4.35. The van der Waals surface area contributed by atoms with Gasteiger partial charge in [-0.1, -0.05) is 17.8 Å². The molecule has 0 fully saturated rings. The van der Waals surface area contributed by atoms with Crippen molar-refractivity contribution >= 4 is 45.9 Å². The van der Waals surface area contributed by atoms with Crippen molar-refractivity contribution in [2.45, 2.75) is 25.6 Å². The zero-order valence-electron chi connectivity index (χ0n) is 17.2. The highest BCUT2D eigenvalue weighted by molar-refractivity contribution is 14.1. The molecule has 3 aromatic rings. The number of methoxy groups -OCH3 is 1. The van der Waals surface area contributed by atoms with E-state index in [0.717, 1.165) is 20.4 Å². The first-order chi connectivity index (χ1) is 14.4. The number of hydrogen-bond donors (Lipinski definition) is 1. The summed E-state index contributed by atoms with van der Waals surface area (Å²) in [5, 5.41) is 12.0. The second kappa shape index (κ2) is 10.2. The maximum Gasteiger partial charge on any atom is 0.234 e. The molecule has 0 spiro atoms. The molecule has 1 heterocycles. The number of nitrogens with zero attached hydrogens (tertiary/aromatic N) is 3. The molecule has 0 aliphatic heterocycles. The molecule has 2 aromatic carbocycles. The molecule has 1 aromatic heterocycles. The Morgan fingerprint density at radius 2 is 1.97 bits per heavy atom. The number of ether oxygens (including phenoxy) is 2. The third kappa shape index (κ3) is 5.66. The number of benzene rings is 2. The van der Waals surface area contributed by atoms with Crippen molar-refractivity contribution in [3.63, 3.8) is 0 Å². The normalized spacial score (nSPS) is 10.7. The lowest BCUT2D eigenvalue weighted by Crippen LogP contribution is -2.15. The Morgan fingerprint density at radius 3 is 2.70 bits per heavy atom. The van der Waals surface area contributed by atoms with Gasteiger partial charge < -0.3 is 19.4 Å². The molecule has 0 bridgehead atoms. The van der Waals surface area contributed by atoms with Gasteiger partial charge in [-0.3, -0.25) is 4.79 Å². The first-order valence-electron chi connectivity index (χ1n) is 9.22. The van der Waals surface area contributed by atoms with E-state index in [9.17, 15) is 4.79 Å². The van der Waals surface area contributed by atoms with Crippen LogP contribution in [0.4, 0.5) is 5.69 Å². The number of carbonyl (C=O) groups is 1. The predicted molar refractivity (Wildman–Crippen MR) is 126 cm³/mol. The lowest BCUT2D eigenvalue weighted by molar-refractivity contribution is -0.113. The molecule has 9 heteroatoms. The molecule has 0 radical (unpaired) electrons. The van der Waals surface area contributed by atoms with Gasteiger partial charge in [-0.25, -0.2) is 0 Å². The van der Waals surface area contributed by atoms with Gasteiger partial charge in [-0.05, 0) is 77.9 Å². The number of carbonyl (C=O) groups excluding carboxylic acids is 1. The number of anilines is 1. The van der Waals surface area contributed by atoms with Gasteiger partial charge in [0.25, 0.3) is 0 Å². The van der Waals surface area contributed by atoms with Crippen molar-refractivity contribution in [2.75, 3.05) is 18.2 Å². The highest BCUT2D eigenvalue weighted by Gasteiger charge is 2.14. The van der Waals surface area contributed by atoms with E-state index in [1.165, 1.54) is 11.8 Å². The number of halogens is 1. The van der Waals surface area contributed by atoms with E-state index >= 15 is 0 Å². The zero-order chi connectivity index (χ0) is 21.7. The first kappa shape index (κ1) is 22.4. The lowest BCUT2D eigenvalue weighted by Gasteiger charge is -2.11. The molecule has 0 saturated heterocycles. The summed E-state index contributed by atoms with van der Waals surface area (Å²) in [6.45, 7) is 4.22. The minimum absolute atomic E-state index is 0.0884. The number of hydrogen-bond acceptors (Lipinski definition) is 6. The number of nitrogens with one attached hydrogen (secondary N) is 1. The van der Waals surface area contributed by atoms with Crippen LogP contribution in [0.15, 0.2) is 41.6 Å². The van der Waals surface area contributed by atoms with Crippen LogP contribution in [0.25, 0.3) is 0 Å². The summed E-state index contributed by atoms with van der Waals surface area (Å²) in [6.07, 6.45) is 0. The Morgan fingerprint density at radius 1 is 1.17 bits per heavy atom. The minimum atomic E-state index is -0.0884. The van der Waals surface area contributed by atoms with Gasteiger partial charge in [0.05, 0.1) is 12.9 Å². The Bertz CT molecular complexity index is 1050. The first-order valence-corrected chi connectivity index (χ1v) is 11.3. The Hall–Kier alpha value is -2.27. The quantitative estimate of drug-likeness (QED) is 0.340. The molecule has 3 rings (SSSR count). The van der Waals surface area contributed by atoms with Crippen molar-refractivity contribution < 1.29 is 14.3 Å². The van der Waals surface area contributed by atoms with Crippen LogP contribution < -0.4 is 14.8 Å². The van der Waals surface area contributed by atoms with Crippen LogP contribution in [0.5, 0.6) is 11.5 Å². The summed E-state index contributed by atoms with van der Waals surface area (Å²) in [7, 11) is 3.47. The van der Waals surface area contributed by atoms with Crippen LogP contribution in [0.2, 0.25) is 0 Å². The maximum absolute atomic E-state index is 12.3. The number of aromatic nitrogens is 3. The van der Waals surface area contributed by atoms with Gasteiger partial charge in [-0.15, -0.1) is 10.2 Å². The standard InChI is InChI=1S/C21H23IN4O3S/c1-13-5-8-17(18(9-13)28-4)29-11-19-24-25-21(26(19)3)30-12-20(27)23-16-7-6-15(22)10-14(16)2/h5-10H,11-12H2,1-4H3,(H,23,27). The molecule has 7 nitrogen and oxygen atoms in total. The molecule has 158 valence electrons. The molecular formula is C21H23IN4O3S. The van der Waals surface area contributed by atoms with Gasteiger partial charge in [0.1, 0.15) is 6.61 Å². The average molecular weight is 538 g/mol. The summed E-state index contributed by atoms with van der Waals surface area (Å²) in [5.41, 5.74) is 2.94. The molecule has 0 aliphatic carbocycles. The van der Waals surface area contributed by atoms with E-state index < -0.39 is 0 Å². The van der Waals surface area contributed by atoms with Crippen LogP contribution in [0.1, 0.15) is 17.0 Å². The molecular weight excluding hydrogens is 515 g/mol. The lowest BCUT2D eigenvalue weighted by atomic mass is 10.2. The van der Waals surface area contributed by atoms with Crippen LogP contribution in [-0.4, -0.2) is 33.5 Å². The molecule has 1 N–H and O–H groups in total. The van der Waals surface area contributed by atoms with Gasteiger partial charge in [0.2, 0.25) is 5.91 Å². The maximum atomic E-state index is 12.3. The van der Waals surface area contributed by atoms with Crippen molar-refractivity contribution in [1.82, 2.24) is 14.8 Å². The summed E-state index contributed by atoms with van der Waals surface area (Å²) in [5.74, 6) is 2.13. The van der Waals surface area contributed by atoms with E-state index in [1.54, 1.807) is 7.11 Å². The minimum Gasteiger partial charge on any atom is -0.493 e. The number of rotatable bonds is 8. The molecule has 0 saturated carbocycles. The highest BCUT2D eigenvalue weighted by Crippen LogP contribution is 2.28. The van der Waals surface area contributed by atoms with Crippen LogP contribution >= 0.6 is 34.4 Å². The van der Waals surface area contributed by atoms with Crippen LogP contribution in [0.3, 0.4) is 0 Å². The summed E-state index contributed by atoms with van der Waals surface area (Å²) in [6, 6.07) is 11.7. The second-order valence-electron chi connectivity index (χ2n) is 6.70. The summed E-state index contributed by atoms with van der Waals surface area (Å²) >= 11 is 3.58. The third-order valence-electron chi connectivity index (χ3n) is 4.40. The second-order valence-corrected chi connectivity index (χ2v) is 8.89. The van der Waals surface area contributed by atoms with Gasteiger partial charge in [-0.2, -0.15) is 0 Å². The van der Waals surface area contributed by atoms with Crippen molar-refractivity contribution in [3.8, 4) is 11.5 Å². The van der Waals surface area contributed by atoms with Gasteiger partial charge in [0.15, 0.2) is 22.5 Å². The van der Waals surface area contributed by atoms with Crippen LogP contribution in [0, 0.1) is 17.4 Å². The van der Waals surface area contributed by atoms with E-state index in [2.05, 4.69) is 38.1 Å². The summed E-state index contributed by atoms with van der Waals surface area (Å²) in [4.78, 5) is 12.3. The highest BCUT2D eigenvalue weighted by atomic mass is 127. The fourth-order valence-electron chi connectivity index (χ4n) is 2.72. The molecule has 0 atom stereocenters. The van der Waals surface area contributed by atoms with Crippen molar-refractivity contribution in [1.29, 1.82) is 0 Å². The average Bonchev–Trinajstić information content (AvgIpc) is 3.07. The molecule has 1 amide bonds. The topological polar surface area (TPSA) is 78.3 Å². The van der Waals surface area contributed by atoms with E-state index in [0.29, 0.717) is 22.5 Å². The molecule has 0 unspecified atom stereocenters. The number of amides is 1. The Kier molecular flexibility index (Phi) is 7.59. The molecule has 0 aliphatic rings. The Labute approximate surface area is 193 Å². The van der Waals surface area contributed by atoms with E-state index in [4.69, 9.17) is 9.47 Å². The fraction of sp³-hybridized carbons (Fsp3) is 0.286. The smallest absolute Gasteiger partial charge is 0.234 e. The zero-order valence-corrected chi connectivity index (χ0v) is 20.2. The largest absolute Gasteiger partial charge is 0.493 e. The Balaban J connectivity index is 1.57. The van der Waals surface area contributed by atoms with Crippen molar-refractivity contribution in [2.24, 2.45) is 7.05 Å². The SMILES string of the molecule is COc1cc(C)ccc1OCc1nnc(SCC(=O)Nc2ccc(I)cc2C)n1C. The van der Waals surface area contributed by atoms with Crippen molar-refractivity contribution in [3.05, 3.63) is 56.9 Å². The summed E-state index contributed by atoms with van der Waals surface area (Å²) < 4.78 is 14.2. The molecule has 30 heavy (non-hydrogen) atoms. The van der Waals surface area contributed by atoms with Gasteiger partial charge >= 0.3 is 0 Å². The number of thioether (sulfide) groups is 1. The fourth-order valence-corrected chi connectivity index (χ4v) is 4.09. The monoisotopic (exact) mass is 538 g/mol. The van der Waals surface area contributed by atoms with E-state index in [-0.39, 0.29) is 18.3 Å².